The Morgan fingerprint density at radius 1 is 1.24 bits per heavy atom. The average molecular weight is 446 g/mol. The maximum atomic E-state index is 13.0. The highest BCUT2D eigenvalue weighted by molar-refractivity contribution is 5.84. The predicted molar refractivity (Wildman–Crippen MR) is 120 cm³/mol. The van der Waals surface area contributed by atoms with Gasteiger partial charge in [-0.05, 0) is 31.2 Å². The van der Waals surface area contributed by atoms with Crippen LogP contribution in [0.4, 0.5) is 5.82 Å². The minimum absolute atomic E-state index is 0.0429. The smallest absolute Gasteiger partial charge is 0.343 e. The summed E-state index contributed by atoms with van der Waals surface area (Å²) in [6, 6.07) is 11.3. The fraction of sp³-hybridized carbons (Fsp3) is 0.292. The third-order valence-corrected chi connectivity index (χ3v) is 5.91. The summed E-state index contributed by atoms with van der Waals surface area (Å²) in [5, 5.41) is 10.8. The summed E-state index contributed by atoms with van der Waals surface area (Å²) < 4.78 is 21.9. The Morgan fingerprint density at radius 3 is 2.76 bits per heavy atom. The number of anilines is 1. The van der Waals surface area contributed by atoms with Crippen LogP contribution in [0.1, 0.15) is 22.8 Å². The fourth-order valence-electron chi connectivity index (χ4n) is 4.36. The Morgan fingerprint density at radius 2 is 2.03 bits per heavy atom. The number of nitrogens with two attached hydrogens (primary N) is 1. The lowest BCUT2D eigenvalue weighted by molar-refractivity contribution is 0.122. The molecule has 0 aliphatic carbocycles. The van der Waals surface area contributed by atoms with Crippen molar-refractivity contribution < 1.29 is 18.6 Å². The van der Waals surface area contributed by atoms with Crippen LogP contribution in [0, 0.1) is 18.3 Å². The Bertz CT molecular complexity index is 1380. The molecule has 3 aromatic rings. The molecule has 9 heteroatoms. The number of nitriles is 1. The van der Waals surface area contributed by atoms with E-state index < -0.39 is 11.5 Å². The van der Waals surface area contributed by atoms with Gasteiger partial charge in [-0.3, -0.25) is 0 Å². The molecular formula is C24H22N4O5. The van der Waals surface area contributed by atoms with Gasteiger partial charge in [0.2, 0.25) is 5.88 Å². The van der Waals surface area contributed by atoms with Gasteiger partial charge in [0.25, 0.3) is 0 Å². The van der Waals surface area contributed by atoms with E-state index in [1.165, 1.54) is 0 Å². The van der Waals surface area contributed by atoms with E-state index in [0.29, 0.717) is 49.2 Å². The topological polar surface area (TPSA) is 124 Å². The number of allylic oxidation sites excluding steroid dienone is 1. The first-order chi connectivity index (χ1) is 16.0. The zero-order valence-corrected chi connectivity index (χ0v) is 18.3. The molecule has 2 N–H and O–H groups in total. The van der Waals surface area contributed by atoms with Gasteiger partial charge in [-0.15, -0.1) is 0 Å². The van der Waals surface area contributed by atoms with Gasteiger partial charge in [-0.2, -0.15) is 5.26 Å². The van der Waals surface area contributed by atoms with Crippen molar-refractivity contribution in [2.45, 2.75) is 12.8 Å². The Labute approximate surface area is 189 Å². The van der Waals surface area contributed by atoms with Gasteiger partial charge in [0, 0.05) is 30.1 Å². The zero-order chi connectivity index (χ0) is 23.1. The lowest BCUT2D eigenvalue weighted by atomic mass is 9.83. The van der Waals surface area contributed by atoms with Crippen LogP contribution in [-0.4, -0.2) is 38.4 Å². The highest BCUT2D eigenvalue weighted by Gasteiger charge is 2.37. The quantitative estimate of drug-likeness (QED) is 0.646. The number of hydrogen-bond donors (Lipinski definition) is 1. The molecule has 1 unspecified atom stereocenters. The molecule has 1 fully saturated rings. The predicted octanol–water partition coefficient (Wildman–Crippen LogP) is 2.56. The van der Waals surface area contributed by atoms with E-state index >= 15 is 0 Å². The van der Waals surface area contributed by atoms with E-state index in [4.69, 9.17) is 29.3 Å². The van der Waals surface area contributed by atoms with Crippen molar-refractivity contribution in [2.24, 2.45) is 5.73 Å². The van der Waals surface area contributed by atoms with Crippen LogP contribution in [0.3, 0.4) is 0 Å². The van der Waals surface area contributed by atoms with Crippen LogP contribution < -0.4 is 25.7 Å². The van der Waals surface area contributed by atoms with Crippen LogP contribution in [0.25, 0.3) is 10.9 Å². The van der Waals surface area contributed by atoms with Crippen molar-refractivity contribution in [1.29, 1.82) is 5.26 Å². The number of nitrogens with zero attached hydrogens (tertiary/aromatic N) is 3. The van der Waals surface area contributed by atoms with E-state index in [-0.39, 0.29) is 22.8 Å². The molecular weight excluding hydrogens is 424 g/mol. The number of rotatable bonds is 3. The summed E-state index contributed by atoms with van der Waals surface area (Å²) in [6.07, 6.45) is 0. The van der Waals surface area contributed by atoms with Crippen LogP contribution in [0.15, 0.2) is 51.0 Å². The molecule has 2 aliphatic rings. The second-order valence-corrected chi connectivity index (χ2v) is 7.91. The summed E-state index contributed by atoms with van der Waals surface area (Å²) >= 11 is 0. The summed E-state index contributed by atoms with van der Waals surface area (Å²) in [5.74, 6) is 1.17. The first-order valence-electron chi connectivity index (χ1n) is 10.5. The molecule has 2 aromatic heterocycles. The molecule has 1 saturated heterocycles. The summed E-state index contributed by atoms with van der Waals surface area (Å²) in [5.41, 5.74) is 7.36. The third kappa shape index (κ3) is 3.54. The molecule has 168 valence electrons. The van der Waals surface area contributed by atoms with Gasteiger partial charge in [0.15, 0.2) is 0 Å². The number of aryl methyl sites for hydroxylation is 1. The molecule has 33 heavy (non-hydrogen) atoms. The molecule has 0 spiro atoms. The summed E-state index contributed by atoms with van der Waals surface area (Å²) in [6.45, 7) is 4.01. The highest BCUT2D eigenvalue weighted by Crippen LogP contribution is 2.44. The zero-order valence-electron chi connectivity index (χ0n) is 18.3. The first kappa shape index (κ1) is 20.8. The lowest BCUT2D eigenvalue weighted by Gasteiger charge is -2.33. The number of benzene rings is 1. The molecule has 0 bridgehead atoms. The largest absolute Gasteiger partial charge is 0.497 e. The Hall–Kier alpha value is -4.03. The first-order valence-corrected chi connectivity index (χ1v) is 10.5. The normalized spacial score (nSPS) is 18.0. The van der Waals surface area contributed by atoms with Crippen molar-refractivity contribution in [3.8, 4) is 17.6 Å². The molecule has 1 atom stereocenters. The lowest BCUT2D eigenvalue weighted by Crippen LogP contribution is -2.38. The van der Waals surface area contributed by atoms with E-state index in [9.17, 15) is 10.1 Å². The van der Waals surface area contributed by atoms with Crippen molar-refractivity contribution in [3.05, 3.63) is 69.1 Å². The van der Waals surface area contributed by atoms with E-state index in [0.717, 1.165) is 10.9 Å². The monoisotopic (exact) mass is 446 g/mol. The van der Waals surface area contributed by atoms with Crippen LogP contribution >= 0.6 is 0 Å². The Kier molecular flexibility index (Phi) is 5.15. The third-order valence-electron chi connectivity index (χ3n) is 5.91. The van der Waals surface area contributed by atoms with Gasteiger partial charge in [0.05, 0.1) is 37.3 Å². The van der Waals surface area contributed by atoms with Gasteiger partial charge >= 0.3 is 5.63 Å². The number of aromatic nitrogens is 1. The maximum absolute atomic E-state index is 13.0. The standard InChI is InChI=1S/C24H22N4O5/c1-13-9-19-21(24(29)32-13)20(17(12-25)22(26)33-19)16-11-14-10-15(30-2)3-4-18(14)27-23(16)28-5-7-31-8-6-28/h3-4,9-11,20H,5-8,26H2,1-2H3. The summed E-state index contributed by atoms with van der Waals surface area (Å²) in [4.78, 5) is 20.0. The number of methoxy groups -OCH3 is 1. The average Bonchev–Trinajstić information content (AvgIpc) is 2.82. The van der Waals surface area contributed by atoms with Crippen LogP contribution in [-0.2, 0) is 4.74 Å². The van der Waals surface area contributed by atoms with E-state index in [1.54, 1.807) is 20.1 Å². The van der Waals surface area contributed by atoms with Gasteiger partial charge in [-0.25, -0.2) is 9.78 Å². The molecule has 4 heterocycles. The molecule has 0 radical (unpaired) electrons. The molecule has 1 aromatic carbocycles. The molecule has 5 rings (SSSR count). The number of fused-ring (bicyclic) bond motifs is 2. The minimum atomic E-state index is -0.795. The molecule has 0 amide bonds. The molecule has 0 saturated carbocycles. The minimum Gasteiger partial charge on any atom is -0.497 e. The van der Waals surface area contributed by atoms with Crippen LogP contribution in [0.2, 0.25) is 0 Å². The molecule has 2 aliphatic heterocycles. The number of pyridine rings is 1. The fourth-order valence-corrected chi connectivity index (χ4v) is 4.36. The van der Waals surface area contributed by atoms with Gasteiger partial charge in [-0.1, -0.05) is 0 Å². The van der Waals surface area contributed by atoms with Gasteiger partial charge in [0.1, 0.15) is 34.7 Å². The number of ether oxygens (including phenoxy) is 3. The maximum Gasteiger partial charge on any atom is 0.343 e. The van der Waals surface area contributed by atoms with E-state index in [2.05, 4.69) is 11.0 Å². The highest BCUT2D eigenvalue weighted by atomic mass is 16.5. The SMILES string of the molecule is COc1ccc2nc(N3CCOCC3)c(C3C(C#N)=C(N)Oc4cc(C)oc(=O)c43)cc2c1. The van der Waals surface area contributed by atoms with Crippen molar-refractivity contribution in [2.75, 3.05) is 38.3 Å². The van der Waals surface area contributed by atoms with Gasteiger partial charge < -0.3 is 29.3 Å². The molecule has 9 nitrogen and oxygen atoms in total. The van der Waals surface area contributed by atoms with Crippen molar-refractivity contribution >= 4 is 16.7 Å². The number of hydrogen-bond acceptors (Lipinski definition) is 9. The van der Waals surface area contributed by atoms with Crippen LogP contribution in [0.5, 0.6) is 11.5 Å². The number of morpholine rings is 1. The van der Waals surface area contributed by atoms with Crippen molar-refractivity contribution in [3.63, 3.8) is 0 Å². The second kappa shape index (κ2) is 8.15. The van der Waals surface area contributed by atoms with Crippen molar-refractivity contribution in [1.82, 2.24) is 4.98 Å². The van der Waals surface area contributed by atoms with E-state index in [1.807, 2.05) is 24.3 Å². The summed E-state index contributed by atoms with van der Waals surface area (Å²) in [7, 11) is 1.59. The second-order valence-electron chi connectivity index (χ2n) is 7.91. The Balaban J connectivity index is 1.82.